The van der Waals surface area contributed by atoms with E-state index in [-0.39, 0.29) is 34.1 Å². The molecule has 1 saturated heterocycles. The van der Waals surface area contributed by atoms with Crippen LogP contribution in [0.15, 0.2) is 61.0 Å². The van der Waals surface area contributed by atoms with E-state index in [1.807, 2.05) is 6.92 Å². The van der Waals surface area contributed by atoms with Crippen molar-refractivity contribution in [3.05, 3.63) is 88.2 Å². The van der Waals surface area contributed by atoms with Crippen molar-refractivity contribution >= 4 is 45.9 Å². The molecule has 1 fully saturated rings. The Kier molecular flexibility index (Phi) is 8.62. The normalized spacial score (nSPS) is 18.7. The maximum atomic E-state index is 13.4. The number of thiazole rings is 1. The van der Waals surface area contributed by atoms with Crippen LogP contribution in [0.3, 0.4) is 0 Å². The van der Waals surface area contributed by atoms with Crippen molar-refractivity contribution < 1.29 is 38.9 Å². The number of carbonyl (C=O) groups is 4. The Morgan fingerprint density at radius 1 is 1.27 bits per heavy atom. The van der Waals surface area contributed by atoms with E-state index < -0.39 is 29.7 Å². The number of aliphatic hydroxyl groups is 1. The van der Waals surface area contributed by atoms with Gasteiger partial charge in [-0.25, -0.2) is 9.78 Å². The van der Waals surface area contributed by atoms with Gasteiger partial charge in [0.25, 0.3) is 11.8 Å². The molecule has 0 saturated carbocycles. The number of fused-ring (bicyclic) bond motifs is 1. The lowest BCUT2D eigenvalue weighted by atomic mass is 9.95. The van der Waals surface area contributed by atoms with Crippen molar-refractivity contribution in [3.63, 3.8) is 0 Å². The summed E-state index contributed by atoms with van der Waals surface area (Å²) in [4.78, 5) is 58.2. The number of carboxylic acid groups (broad SMARTS) is 1. The SMILES string of the molecule is C=CCOC(=O)c1sc(N2C(=O)C(=O)/C(=C(/O)c3ccc4c(c3)CC(C)O4)C2c2cccnc2)nc1C.CC(=O)O. The molecule has 4 heterocycles. The molecule has 11 nitrogen and oxygen atoms in total. The number of hydrogen-bond acceptors (Lipinski definition) is 10. The number of anilines is 1. The van der Waals surface area contributed by atoms with Crippen molar-refractivity contribution in [1.29, 1.82) is 0 Å². The molecule has 0 bridgehead atoms. The first-order valence-electron chi connectivity index (χ1n) is 12.5. The molecule has 2 aliphatic rings. The summed E-state index contributed by atoms with van der Waals surface area (Å²) in [5, 5.41) is 18.9. The highest BCUT2D eigenvalue weighted by Gasteiger charge is 2.48. The molecule has 1 aromatic carbocycles. The Labute approximate surface area is 239 Å². The van der Waals surface area contributed by atoms with Crippen LogP contribution in [0, 0.1) is 6.92 Å². The average molecular weight is 578 g/mol. The first-order valence-corrected chi connectivity index (χ1v) is 13.3. The third-order valence-corrected chi connectivity index (χ3v) is 7.26. The fourth-order valence-electron chi connectivity index (χ4n) is 4.48. The standard InChI is InChI=1S/C27H23N3O6S.C2H4O2/c1-4-10-35-26(34)24-15(3)29-27(37-24)30-21(17-6-5-9-28-13-17)20(23(32)25(30)33)22(31)16-7-8-19-18(12-16)11-14(2)36-19;1-2(3)4/h4-9,12-14,21,31H,1,10-11H2,2-3H3;1H3,(H,3,4)/b22-20+;. The highest BCUT2D eigenvalue weighted by molar-refractivity contribution is 7.17. The molecular weight excluding hydrogens is 550 g/mol. The number of pyridine rings is 1. The van der Waals surface area contributed by atoms with E-state index in [1.165, 1.54) is 17.2 Å². The number of esters is 1. The van der Waals surface area contributed by atoms with Gasteiger partial charge in [-0.2, -0.15) is 0 Å². The molecule has 0 aliphatic carbocycles. The maximum Gasteiger partial charge on any atom is 0.350 e. The van der Waals surface area contributed by atoms with Crippen molar-refractivity contribution in [1.82, 2.24) is 9.97 Å². The second-order valence-corrected chi connectivity index (χ2v) is 10.2. The molecule has 2 aromatic heterocycles. The van der Waals surface area contributed by atoms with Gasteiger partial charge in [0, 0.05) is 31.3 Å². The van der Waals surface area contributed by atoms with Gasteiger partial charge in [-0.15, -0.1) is 0 Å². The first-order chi connectivity index (χ1) is 19.5. The number of carboxylic acids is 1. The van der Waals surface area contributed by atoms with E-state index in [0.29, 0.717) is 23.2 Å². The summed E-state index contributed by atoms with van der Waals surface area (Å²) >= 11 is 0.937. The van der Waals surface area contributed by atoms with Gasteiger partial charge in [-0.1, -0.05) is 30.1 Å². The topological polar surface area (TPSA) is 156 Å². The molecule has 0 radical (unpaired) electrons. The Bertz CT molecular complexity index is 1560. The van der Waals surface area contributed by atoms with Crippen LogP contribution in [0.5, 0.6) is 5.75 Å². The second-order valence-electron chi connectivity index (χ2n) is 9.23. The van der Waals surface area contributed by atoms with Gasteiger partial charge in [-0.3, -0.25) is 24.3 Å². The first kappa shape index (κ1) is 29.2. The molecule has 0 spiro atoms. The van der Waals surface area contributed by atoms with Gasteiger partial charge < -0.3 is 19.7 Å². The zero-order valence-electron chi connectivity index (χ0n) is 22.5. The number of aliphatic hydroxyl groups excluding tert-OH is 1. The van der Waals surface area contributed by atoms with Crippen molar-refractivity contribution in [2.75, 3.05) is 11.5 Å². The number of nitrogens with zero attached hydrogens (tertiary/aromatic N) is 3. The summed E-state index contributed by atoms with van der Waals surface area (Å²) in [5.41, 5.74) is 2.07. The maximum absolute atomic E-state index is 13.4. The van der Waals surface area contributed by atoms with Crippen molar-refractivity contribution in [2.24, 2.45) is 0 Å². The van der Waals surface area contributed by atoms with Gasteiger partial charge in [0.05, 0.1) is 17.3 Å². The highest BCUT2D eigenvalue weighted by Crippen LogP contribution is 2.44. The van der Waals surface area contributed by atoms with Gasteiger partial charge in [0.1, 0.15) is 29.1 Å². The largest absolute Gasteiger partial charge is 0.507 e. The third-order valence-electron chi connectivity index (χ3n) is 6.12. The van der Waals surface area contributed by atoms with E-state index >= 15 is 0 Å². The van der Waals surface area contributed by atoms with Crippen LogP contribution in [-0.4, -0.2) is 56.5 Å². The predicted octanol–water partition coefficient (Wildman–Crippen LogP) is 4.23. The molecule has 3 aromatic rings. The molecule has 2 aliphatic heterocycles. The van der Waals surface area contributed by atoms with Gasteiger partial charge in [0.2, 0.25) is 0 Å². The minimum Gasteiger partial charge on any atom is -0.507 e. The Morgan fingerprint density at radius 2 is 2.00 bits per heavy atom. The lowest BCUT2D eigenvalue weighted by Crippen LogP contribution is -2.29. The van der Waals surface area contributed by atoms with Gasteiger partial charge >= 0.3 is 11.9 Å². The molecular formula is C29H27N3O8S. The zero-order valence-corrected chi connectivity index (χ0v) is 23.3. The lowest BCUT2D eigenvalue weighted by molar-refractivity contribution is -0.134. The number of carbonyl (C=O) groups excluding carboxylic acids is 3. The van der Waals surface area contributed by atoms with E-state index in [9.17, 15) is 19.5 Å². The zero-order chi connectivity index (χ0) is 29.8. The molecule has 2 atom stereocenters. The lowest BCUT2D eigenvalue weighted by Gasteiger charge is -2.22. The van der Waals surface area contributed by atoms with E-state index in [0.717, 1.165) is 29.6 Å². The van der Waals surface area contributed by atoms with Crippen molar-refractivity contribution in [2.45, 2.75) is 39.3 Å². The Balaban J connectivity index is 0.000000909. The van der Waals surface area contributed by atoms with E-state index in [4.69, 9.17) is 19.4 Å². The van der Waals surface area contributed by atoms with Crippen LogP contribution in [0.2, 0.25) is 0 Å². The number of Topliss-reactive ketones (excluding diaryl/α,β-unsaturated/α-hetero) is 1. The number of hydrogen-bond donors (Lipinski definition) is 2. The molecule has 2 unspecified atom stereocenters. The van der Waals surface area contributed by atoms with E-state index in [1.54, 1.807) is 43.5 Å². The summed E-state index contributed by atoms with van der Waals surface area (Å²) in [5.74, 6) is -2.75. The van der Waals surface area contributed by atoms with Gasteiger partial charge in [-0.05, 0) is 49.2 Å². The van der Waals surface area contributed by atoms with E-state index in [2.05, 4.69) is 16.5 Å². The summed E-state index contributed by atoms with van der Waals surface area (Å²) in [6, 6.07) is 7.55. The average Bonchev–Trinajstić information content (AvgIpc) is 3.58. The number of aryl methyl sites for hydroxylation is 1. The quantitative estimate of drug-likeness (QED) is 0.143. The molecule has 41 heavy (non-hydrogen) atoms. The fourth-order valence-corrected chi connectivity index (χ4v) is 5.47. The van der Waals surface area contributed by atoms with Crippen LogP contribution in [-0.2, 0) is 25.5 Å². The van der Waals surface area contributed by atoms with Crippen LogP contribution < -0.4 is 9.64 Å². The number of amides is 1. The van der Waals surface area contributed by atoms with Gasteiger partial charge in [0.15, 0.2) is 5.13 Å². The predicted molar refractivity (Wildman–Crippen MR) is 150 cm³/mol. The minimum atomic E-state index is -1.00. The monoisotopic (exact) mass is 577 g/mol. The number of aromatic nitrogens is 2. The number of aliphatic carboxylic acids is 1. The van der Waals surface area contributed by atoms with Crippen molar-refractivity contribution in [3.8, 4) is 5.75 Å². The minimum absolute atomic E-state index is 0.00822. The van der Waals surface area contributed by atoms with Crippen LogP contribution in [0.1, 0.15) is 51.9 Å². The number of benzene rings is 1. The third kappa shape index (κ3) is 6.02. The van der Waals surface area contributed by atoms with Crippen LogP contribution >= 0.6 is 11.3 Å². The Morgan fingerprint density at radius 3 is 2.66 bits per heavy atom. The smallest absolute Gasteiger partial charge is 0.350 e. The number of ether oxygens (including phenoxy) is 2. The highest BCUT2D eigenvalue weighted by atomic mass is 32.1. The summed E-state index contributed by atoms with van der Waals surface area (Å²) in [6.07, 6.45) is 5.21. The van der Waals surface area contributed by atoms with Crippen LogP contribution in [0.4, 0.5) is 5.13 Å². The molecule has 1 amide bonds. The van der Waals surface area contributed by atoms with Crippen LogP contribution in [0.25, 0.3) is 5.76 Å². The Hall–Kier alpha value is -4.84. The fraction of sp³-hybridized carbons (Fsp3) is 0.241. The molecule has 212 valence electrons. The molecule has 12 heteroatoms. The molecule has 5 rings (SSSR count). The second kappa shape index (κ2) is 12.1. The number of ketones is 1. The summed E-state index contributed by atoms with van der Waals surface area (Å²) < 4.78 is 10.9. The summed E-state index contributed by atoms with van der Waals surface area (Å²) in [7, 11) is 0. The molecule has 2 N–H and O–H groups in total. The number of rotatable bonds is 6. The summed E-state index contributed by atoms with van der Waals surface area (Å²) in [6.45, 7) is 8.21.